The van der Waals surface area contributed by atoms with E-state index in [0.29, 0.717) is 22.3 Å². The maximum atomic E-state index is 13.7. The Morgan fingerprint density at radius 2 is 0.820 bits per heavy atom. The highest BCUT2D eigenvalue weighted by Crippen LogP contribution is 2.42. The van der Waals surface area contributed by atoms with Gasteiger partial charge in [0.1, 0.15) is 0 Å². The van der Waals surface area contributed by atoms with Crippen LogP contribution in [0.4, 0.5) is 0 Å². The molecule has 4 nitrogen and oxygen atoms in total. The van der Waals surface area contributed by atoms with Crippen LogP contribution in [0, 0.1) is 0 Å². The predicted molar refractivity (Wildman–Crippen MR) is 207 cm³/mol. The molecule has 2 aromatic heterocycles. The third-order valence-electron chi connectivity index (χ3n) is 10.5. The summed E-state index contributed by atoms with van der Waals surface area (Å²) in [6, 6.07) is 36.0. The fourth-order valence-electron chi connectivity index (χ4n) is 7.77. The summed E-state index contributed by atoms with van der Waals surface area (Å²) in [6.45, 7) is 4.36. The van der Waals surface area contributed by atoms with Gasteiger partial charge in [0, 0.05) is 55.2 Å². The van der Waals surface area contributed by atoms with E-state index in [1.54, 1.807) is 0 Å². The van der Waals surface area contributed by atoms with Crippen LogP contribution in [0.3, 0.4) is 0 Å². The molecule has 0 radical (unpaired) electrons. The minimum atomic E-state index is 0.0219. The Morgan fingerprint density at radius 3 is 1.20 bits per heavy atom. The number of fused-ring (bicyclic) bond motifs is 6. The average Bonchev–Trinajstić information content (AvgIpc) is 3.65. The summed E-state index contributed by atoms with van der Waals surface area (Å²) >= 11 is 0. The Kier molecular flexibility index (Phi) is 7.13. The molecule has 2 aliphatic carbocycles. The van der Waals surface area contributed by atoms with Crippen molar-refractivity contribution in [2.45, 2.75) is 39.5 Å². The van der Waals surface area contributed by atoms with Crippen molar-refractivity contribution in [1.29, 1.82) is 0 Å². The Balaban J connectivity index is 1.33. The zero-order valence-electron chi connectivity index (χ0n) is 28.2. The van der Waals surface area contributed by atoms with Gasteiger partial charge in [0.05, 0.1) is 22.1 Å². The molecule has 0 unspecified atom stereocenters. The van der Waals surface area contributed by atoms with Gasteiger partial charge >= 0.3 is 0 Å². The van der Waals surface area contributed by atoms with E-state index < -0.39 is 0 Å². The first-order chi connectivity index (χ1) is 24.4. The maximum absolute atomic E-state index is 13.7. The molecule has 0 spiro atoms. The molecule has 50 heavy (non-hydrogen) atoms. The van der Waals surface area contributed by atoms with Crippen LogP contribution in [0.25, 0.3) is 55.0 Å². The lowest BCUT2D eigenvalue weighted by molar-refractivity contribution is 0.103. The summed E-state index contributed by atoms with van der Waals surface area (Å²) in [5, 5.41) is 4.52. The number of hydrogen-bond donors (Lipinski definition) is 0. The summed E-state index contributed by atoms with van der Waals surface area (Å²) in [5.74, 6) is 0.0439. The van der Waals surface area contributed by atoms with Crippen LogP contribution in [0.2, 0.25) is 0 Å². The third-order valence-corrected chi connectivity index (χ3v) is 10.5. The first-order valence-electron chi connectivity index (χ1n) is 17.4. The molecular weight excluding hydrogens is 613 g/mol. The van der Waals surface area contributed by atoms with E-state index in [9.17, 15) is 9.59 Å². The molecule has 7 aromatic rings. The van der Waals surface area contributed by atoms with Crippen LogP contribution in [-0.4, -0.2) is 20.7 Å². The summed E-state index contributed by atoms with van der Waals surface area (Å²) in [4.78, 5) is 27.3. The predicted octanol–water partition coefficient (Wildman–Crippen LogP) is 11.5. The average molecular weight is 649 g/mol. The third kappa shape index (κ3) is 4.90. The second-order valence-corrected chi connectivity index (χ2v) is 13.8. The second kappa shape index (κ2) is 11.9. The van der Waals surface area contributed by atoms with Crippen molar-refractivity contribution < 1.29 is 9.59 Å². The molecular formula is C46H36N2O2. The normalized spacial score (nSPS) is 14.9. The lowest BCUT2D eigenvalue weighted by atomic mass is 10.0. The van der Waals surface area contributed by atoms with Crippen molar-refractivity contribution in [3.8, 4) is 0 Å². The van der Waals surface area contributed by atoms with Gasteiger partial charge in [0.2, 0.25) is 0 Å². The summed E-state index contributed by atoms with van der Waals surface area (Å²) < 4.78 is 4.74. The number of allylic oxidation sites excluding steroid dienone is 8. The number of carbonyl (C=O) groups excluding carboxylic acids is 2. The Labute approximate surface area is 291 Å². The van der Waals surface area contributed by atoms with Crippen molar-refractivity contribution in [3.05, 3.63) is 167 Å². The second-order valence-electron chi connectivity index (χ2n) is 13.8. The highest BCUT2D eigenvalue weighted by molar-refractivity contribution is 6.22. The quantitative estimate of drug-likeness (QED) is 0.168. The molecule has 0 aliphatic heterocycles. The smallest absolute Gasteiger partial charge is 0.193 e. The molecule has 0 N–H and O–H groups in total. The van der Waals surface area contributed by atoms with Crippen molar-refractivity contribution in [2.24, 2.45) is 0 Å². The lowest BCUT2D eigenvalue weighted by Crippen LogP contribution is -2.03. The Hall–Kier alpha value is -6.00. The number of benzene rings is 5. The Morgan fingerprint density at radius 1 is 0.420 bits per heavy atom. The molecule has 0 saturated heterocycles. The van der Waals surface area contributed by atoms with Crippen molar-refractivity contribution in [1.82, 2.24) is 9.13 Å². The number of hydrogen-bond acceptors (Lipinski definition) is 2. The van der Waals surface area contributed by atoms with Gasteiger partial charge in [0.15, 0.2) is 11.6 Å². The van der Waals surface area contributed by atoms with Gasteiger partial charge in [-0.3, -0.25) is 9.59 Å². The van der Waals surface area contributed by atoms with E-state index in [1.807, 2.05) is 72.8 Å². The number of rotatable bonds is 6. The standard InChI is InChI=1S/C46H36N2O2/c1-29-13-19-35(20-14-29)47-41-25-33(45(49)31-9-5-3-6-10-31)17-23-37(41)39-28-44-40(27-43(39)47)38-24-18-34(46(50)32-11-7-4-8-12-32)26-42(38)48(44)36-21-15-30(2)16-22-36/h3-13,15,17-19,21,23-28H,14,16,20,22H2,1-2H3. The van der Waals surface area contributed by atoms with Gasteiger partial charge in [-0.1, -0.05) is 108 Å². The lowest BCUT2D eigenvalue weighted by Gasteiger charge is -2.17. The van der Waals surface area contributed by atoms with Gasteiger partial charge in [-0.2, -0.15) is 0 Å². The number of aromatic nitrogens is 2. The molecule has 4 heteroatoms. The molecule has 0 fully saturated rings. The van der Waals surface area contributed by atoms with E-state index in [4.69, 9.17) is 0 Å². The largest absolute Gasteiger partial charge is 0.313 e. The van der Waals surface area contributed by atoms with Crippen LogP contribution in [0.15, 0.2) is 145 Å². The van der Waals surface area contributed by atoms with Crippen molar-refractivity contribution in [2.75, 3.05) is 0 Å². The molecule has 9 rings (SSSR count). The fourth-order valence-corrected chi connectivity index (χ4v) is 7.77. The van der Waals surface area contributed by atoms with Crippen LogP contribution in [0.1, 0.15) is 71.4 Å². The zero-order valence-corrected chi connectivity index (χ0v) is 28.2. The van der Waals surface area contributed by atoms with Gasteiger partial charge < -0.3 is 9.13 Å². The van der Waals surface area contributed by atoms with Crippen molar-refractivity contribution >= 4 is 66.6 Å². The minimum Gasteiger partial charge on any atom is -0.313 e. The molecule has 0 saturated carbocycles. The topological polar surface area (TPSA) is 44.0 Å². The fraction of sp³-hybridized carbons (Fsp3) is 0.130. The summed E-state index contributed by atoms with van der Waals surface area (Å²) in [5.41, 5.74) is 12.2. The van der Waals surface area contributed by atoms with Gasteiger partial charge in [-0.15, -0.1) is 0 Å². The van der Waals surface area contributed by atoms with E-state index in [0.717, 1.165) is 69.3 Å². The number of carbonyl (C=O) groups is 2. The van der Waals surface area contributed by atoms with Gasteiger partial charge in [-0.25, -0.2) is 0 Å². The van der Waals surface area contributed by atoms with Crippen molar-refractivity contribution in [3.63, 3.8) is 0 Å². The molecule has 242 valence electrons. The molecule has 2 aliphatic rings. The van der Waals surface area contributed by atoms with Crippen LogP contribution in [0.5, 0.6) is 0 Å². The summed E-state index contributed by atoms with van der Waals surface area (Å²) in [7, 11) is 0. The van der Waals surface area contributed by atoms with E-state index in [2.05, 4.69) is 83.7 Å². The van der Waals surface area contributed by atoms with Crippen LogP contribution < -0.4 is 0 Å². The maximum Gasteiger partial charge on any atom is 0.193 e. The molecule has 0 atom stereocenters. The summed E-state index contributed by atoms with van der Waals surface area (Å²) in [6.07, 6.45) is 12.7. The minimum absolute atomic E-state index is 0.0219. The molecule has 2 heterocycles. The first kappa shape index (κ1) is 30.1. The van der Waals surface area contributed by atoms with Crippen LogP contribution >= 0.6 is 0 Å². The number of nitrogens with zero attached hydrogens (tertiary/aromatic N) is 2. The molecule has 5 aromatic carbocycles. The first-order valence-corrected chi connectivity index (χ1v) is 17.4. The number of ketones is 2. The van der Waals surface area contributed by atoms with Crippen LogP contribution in [-0.2, 0) is 0 Å². The van der Waals surface area contributed by atoms with E-state index >= 15 is 0 Å². The van der Waals surface area contributed by atoms with Gasteiger partial charge in [-0.05, 0) is 75.9 Å². The monoisotopic (exact) mass is 648 g/mol. The van der Waals surface area contributed by atoms with Gasteiger partial charge in [0.25, 0.3) is 0 Å². The zero-order chi connectivity index (χ0) is 33.9. The Bertz CT molecular complexity index is 2490. The van der Waals surface area contributed by atoms with E-state index in [-0.39, 0.29) is 11.6 Å². The highest BCUT2D eigenvalue weighted by atomic mass is 16.1. The molecule has 0 amide bonds. The molecule has 0 bridgehead atoms. The SMILES string of the molecule is CC1=CC=C(n2c3cc(C(=O)c4ccccc4)ccc3c3cc4c(cc32)c2ccc(C(=O)c3ccccc3)cc2n4C2=CC=C(C)CC2)CC1. The van der Waals surface area contributed by atoms with E-state index in [1.165, 1.54) is 22.5 Å². The highest BCUT2D eigenvalue weighted by Gasteiger charge is 2.23.